The standard InChI is InChI=1S/C25H25BrN2O3/c1-3-31-23(29)16-28-24(17-9-5-4-6-10-17)20-15-18(26)13-14-21(20)27-25(28)19-11-7-8-12-22(19)30-2/h4-15,24-25,27H,3,16H2,1-2H3/p+1/t24-,25-/m0/s1. The number of para-hydroxylation sites is 1. The van der Waals surface area contributed by atoms with Crippen molar-refractivity contribution >= 4 is 27.6 Å². The number of carbonyl (C=O) groups excluding carboxylic acids is 1. The number of anilines is 1. The van der Waals surface area contributed by atoms with Crippen molar-refractivity contribution in [2.75, 3.05) is 25.6 Å². The Hall–Kier alpha value is -2.83. The van der Waals surface area contributed by atoms with Gasteiger partial charge in [0.2, 0.25) is 0 Å². The Balaban J connectivity index is 1.90. The minimum Gasteiger partial charge on any atom is -0.496 e. The molecule has 31 heavy (non-hydrogen) atoms. The molecule has 3 aromatic carbocycles. The third-order valence-electron chi connectivity index (χ3n) is 5.60. The monoisotopic (exact) mass is 481 g/mol. The van der Waals surface area contributed by atoms with Gasteiger partial charge >= 0.3 is 5.97 Å². The van der Waals surface area contributed by atoms with Gasteiger partial charge in [-0.1, -0.05) is 58.4 Å². The predicted octanol–water partition coefficient (Wildman–Crippen LogP) is 4.12. The molecule has 1 aliphatic rings. The van der Waals surface area contributed by atoms with Crippen LogP contribution in [0.3, 0.4) is 0 Å². The maximum absolute atomic E-state index is 12.7. The zero-order valence-corrected chi connectivity index (χ0v) is 19.2. The molecule has 0 amide bonds. The van der Waals surface area contributed by atoms with Crippen LogP contribution in [0.15, 0.2) is 77.3 Å². The molecule has 0 aromatic heterocycles. The molecule has 0 radical (unpaired) electrons. The van der Waals surface area contributed by atoms with Crippen molar-refractivity contribution in [1.82, 2.24) is 0 Å². The highest BCUT2D eigenvalue weighted by atomic mass is 79.9. The summed E-state index contributed by atoms with van der Waals surface area (Å²) in [4.78, 5) is 13.7. The second kappa shape index (κ2) is 9.54. The first kappa shape index (κ1) is 21.4. The Labute approximate surface area is 191 Å². The molecule has 0 saturated heterocycles. The third kappa shape index (κ3) is 4.45. The topological polar surface area (TPSA) is 52.0 Å². The normalized spacial score (nSPS) is 19.8. The second-order valence-corrected chi connectivity index (χ2v) is 8.37. The zero-order valence-electron chi connectivity index (χ0n) is 17.6. The van der Waals surface area contributed by atoms with Gasteiger partial charge in [0, 0.05) is 21.3 Å². The van der Waals surface area contributed by atoms with Crippen LogP contribution in [-0.2, 0) is 9.53 Å². The highest BCUT2D eigenvalue weighted by Crippen LogP contribution is 2.36. The molecule has 0 spiro atoms. The van der Waals surface area contributed by atoms with E-state index >= 15 is 0 Å². The quantitative estimate of drug-likeness (QED) is 0.520. The summed E-state index contributed by atoms with van der Waals surface area (Å²) in [6.45, 7) is 2.41. The van der Waals surface area contributed by atoms with Crippen molar-refractivity contribution in [2.24, 2.45) is 0 Å². The van der Waals surface area contributed by atoms with Crippen molar-refractivity contribution < 1.29 is 19.2 Å². The van der Waals surface area contributed by atoms with E-state index in [1.54, 1.807) is 7.11 Å². The van der Waals surface area contributed by atoms with Gasteiger partial charge in [-0.15, -0.1) is 0 Å². The summed E-state index contributed by atoms with van der Waals surface area (Å²) in [6, 6.07) is 24.4. The van der Waals surface area contributed by atoms with E-state index in [0.29, 0.717) is 6.61 Å². The minimum absolute atomic E-state index is 0.0609. The van der Waals surface area contributed by atoms with Crippen LogP contribution in [0.4, 0.5) is 5.69 Å². The summed E-state index contributed by atoms with van der Waals surface area (Å²) in [5.74, 6) is 0.562. The lowest BCUT2D eigenvalue weighted by Crippen LogP contribution is -3.15. The van der Waals surface area contributed by atoms with Crippen LogP contribution < -0.4 is 15.0 Å². The number of esters is 1. The van der Waals surface area contributed by atoms with Crippen LogP contribution in [0.5, 0.6) is 5.75 Å². The number of carbonyl (C=O) groups is 1. The Morgan fingerprint density at radius 3 is 2.52 bits per heavy atom. The molecular weight excluding hydrogens is 456 g/mol. The van der Waals surface area contributed by atoms with Crippen LogP contribution in [0.2, 0.25) is 0 Å². The van der Waals surface area contributed by atoms with Crippen LogP contribution in [0, 0.1) is 0 Å². The highest BCUT2D eigenvalue weighted by Gasteiger charge is 2.42. The minimum atomic E-state index is -0.224. The first-order valence-corrected chi connectivity index (χ1v) is 11.2. The fourth-order valence-corrected chi connectivity index (χ4v) is 4.70. The first-order valence-electron chi connectivity index (χ1n) is 10.4. The lowest BCUT2D eigenvalue weighted by atomic mass is 9.91. The van der Waals surface area contributed by atoms with Crippen molar-refractivity contribution in [3.05, 3.63) is 94.0 Å². The number of hydrogen-bond donors (Lipinski definition) is 2. The van der Waals surface area contributed by atoms with Gasteiger partial charge < -0.3 is 14.8 Å². The van der Waals surface area contributed by atoms with E-state index in [1.807, 2.05) is 55.5 Å². The van der Waals surface area contributed by atoms with Gasteiger partial charge in [0.1, 0.15) is 11.8 Å². The Morgan fingerprint density at radius 2 is 1.77 bits per heavy atom. The third-order valence-corrected chi connectivity index (χ3v) is 6.10. The van der Waals surface area contributed by atoms with Crippen molar-refractivity contribution in [1.29, 1.82) is 0 Å². The molecule has 3 atom stereocenters. The number of methoxy groups -OCH3 is 1. The van der Waals surface area contributed by atoms with Gasteiger partial charge in [-0.25, -0.2) is 4.79 Å². The fraction of sp³-hybridized carbons (Fsp3) is 0.240. The number of rotatable bonds is 6. The summed E-state index contributed by atoms with van der Waals surface area (Å²) >= 11 is 3.62. The molecule has 5 nitrogen and oxygen atoms in total. The number of hydrogen-bond acceptors (Lipinski definition) is 4. The Morgan fingerprint density at radius 1 is 1.03 bits per heavy atom. The van der Waals surface area contributed by atoms with E-state index in [4.69, 9.17) is 9.47 Å². The van der Waals surface area contributed by atoms with Gasteiger partial charge in [-0.3, -0.25) is 4.90 Å². The van der Waals surface area contributed by atoms with Crippen molar-refractivity contribution in [3.8, 4) is 5.75 Å². The van der Waals surface area contributed by atoms with Gasteiger partial charge in [-0.2, -0.15) is 0 Å². The molecule has 1 heterocycles. The van der Waals surface area contributed by atoms with Crippen molar-refractivity contribution in [3.63, 3.8) is 0 Å². The fourth-order valence-electron chi connectivity index (χ4n) is 4.32. The molecule has 0 fully saturated rings. The van der Waals surface area contributed by atoms with E-state index in [-0.39, 0.29) is 24.7 Å². The van der Waals surface area contributed by atoms with E-state index < -0.39 is 0 Å². The molecule has 0 saturated carbocycles. The molecule has 4 rings (SSSR count). The predicted molar refractivity (Wildman–Crippen MR) is 124 cm³/mol. The van der Waals surface area contributed by atoms with Gasteiger partial charge in [0.05, 0.1) is 19.3 Å². The van der Waals surface area contributed by atoms with Crippen LogP contribution in [-0.4, -0.2) is 26.2 Å². The molecule has 2 N–H and O–H groups in total. The smallest absolute Gasteiger partial charge is 0.361 e. The van der Waals surface area contributed by atoms with Crippen LogP contribution in [0.25, 0.3) is 0 Å². The number of ether oxygens (including phenoxy) is 2. The summed E-state index contributed by atoms with van der Waals surface area (Å²) in [5.41, 5.74) is 4.31. The summed E-state index contributed by atoms with van der Waals surface area (Å²) < 4.78 is 12.0. The summed E-state index contributed by atoms with van der Waals surface area (Å²) in [6.07, 6.45) is -0.195. The number of benzene rings is 3. The molecule has 6 heteroatoms. The summed E-state index contributed by atoms with van der Waals surface area (Å²) in [7, 11) is 1.67. The van der Waals surface area contributed by atoms with Crippen molar-refractivity contribution in [2.45, 2.75) is 19.1 Å². The first-order chi connectivity index (χ1) is 15.1. The van der Waals surface area contributed by atoms with E-state index in [2.05, 4.69) is 45.5 Å². The molecule has 160 valence electrons. The number of quaternary nitrogens is 1. The Kier molecular flexibility index (Phi) is 6.59. The molecule has 3 aromatic rings. The average Bonchev–Trinajstić information content (AvgIpc) is 2.79. The van der Waals surface area contributed by atoms with Gasteiger partial charge in [0.25, 0.3) is 0 Å². The number of fused-ring (bicyclic) bond motifs is 1. The Bertz CT molecular complexity index is 1060. The molecule has 0 aliphatic carbocycles. The van der Waals surface area contributed by atoms with E-state index in [0.717, 1.165) is 37.5 Å². The second-order valence-electron chi connectivity index (χ2n) is 7.45. The van der Waals surface area contributed by atoms with E-state index in [9.17, 15) is 4.79 Å². The molecule has 0 bridgehead atoms. The number of nitrogens with one attached hydrogen (secondary N) is 2. The summed E-state index contributed by atoms with van der Waals surface area (Å²) in [5, 5.41) is 3.67. The number of halogens is 1. The zero-order chi connectivity index (χ0) is 21.8. The maximum atomic E-state index is 12.7. The average molecular weight is 482 g/mol. The lowest BCUT2D eigenvalue weighted by molar-refractivity contribution is -0.947. The van der Waals surface area contributed by atoms with Gasteiger partial charge in [-0.05, 0) is 37.3 Å². The highest BCUT2D eigenvalue weighted by molar-refractivity contribution is 9.10. The molecular formula is C25H26BrN2O3+. The largest absolute Gasteiger partial charge is 0.496 e. The van der Waals surface area contributed by atoms with Crippen LogP contribution >= 0.6 is 15.9 Å². The van der Waals surface area contributed by atoms with Gasteiger partial charge in [0.15, 0.2) is 12.7 Å². The SMILES string of the molecule is CCOC(=O)C[NH+]1[C@@H](c2ccccc2)c2cc(Br)ccc2N[C@@H]1c1ccccc1OC. The maximum Gasteiger partial charge on any atom is 0.361 e. The molecule has 1 unspecified atom stereocenters. The lowest BCUT2D eigenvalue weighted by Gasteiger charge is -2.41. The van der Waals surface area contributed by atoms with Crippen LogP contribution in [0.1, 0.15) is 35.8 Å². The van der Waals surface area contributed by atoms with E-state index in [1.165, 1.54) is 0 Å². The molecule has 1 aliphatic heterocycles.